The summed E-state index contributed by atoms with van der Waals surface area (Å²) in [5, 5.41) is 0. The third kappa shape index (κ3) is 4.26. The molecule has 2 aromatic rings. The highest BCUT2D eigenvalue weighted by Gasteiger charge is 1.80. The van der Waals surface area contributed by atoms with Crippen LogP contribution in [0.1, 0.15) is 11.1 Å². The maximum atomic E-state index is 2.09. The normalized spacial score (nSPS) is 11.8. The van der Waals surface area contributed by atoms with Gasteiger partial charge in [0.05, 0.1) is 0 Å². The molecule has 0 aliphatic rings. The molecular weight excluding hydrogens is 216 g/mol. The monoisotopic (exact) mass is 232 g/mol. The van der Waals surface area contributed by atoms with E-state index in [2.05, 4.69) is 36.4 Å². The summed E-state index contributed by atoms with van der Waals surface area (Å²) >= 11 is 0. The van der Waals surface area contributed by atoms with Crippen molar-refractivity contribution in [2.75, 3.05) is 0 Å². The standard InChI is InChI=1S/C18H16/c1(5-11-17-13-7-3-8-14-17)2-6-12-18-15-9-4-10-16-18/h1-16H/b2-1-,11-5-,12-6-. The molecule has 0 heteroatoms. The van der Waals surface area contributed by atoms with Crippen LogP contribution in [-0.2, 0) is 0 Å². The Morgan fingerprint density at radius 3 is 1.22 bits per heavy atom. The Kier molecular flexibility index (Phi) is 4.77. The molecule has 0 saturated heterocycles. The molecule has 0 fully saturated rings. The molecular formula is C18H16. The lowest BCUT2D eigenvalue weighted by Crippen LogP contribution is -1.67. The van der Waals surface area contributed by atoms with Crippen molar-refractivity contribution in [3.05, 3.63) is 96.1 Å². The zero-order chi connectivity index (χ0) is 12.5. The Hall–Kier alpha value is -2.34. The minimum absolute atomic E-state index is 1.22. The minimum atomic E-state index is 1.22. The van der Waals surface area contributed by atoms with E-state index in [4.69, 9.17) is 0 Å². The summed E-state index contributed by atoms with van der Waals surface area (Å²) < 4.78 is 0. The molecule has 0 nitrogen and oxygen atoms in total. The largest absolute Gasteiger partial charge is 0.0622 e. The first-order chi connectivity index (χ1) is 8.95. The van der Waals surface area contributed by atoms with Gasteiger partial charge < -0.3 is 0 Å². The molecule has 0 aliphatic heterocycles. The number of hydrogen-bond acceptors (Lipinski definition) is 0. The van der Waals surface area contributed by atoms with Gasteiger partial charge in [-0.15, -0.1) is 0 Å². The predicted octanol–water partition coefficient (Wildman–Crippen LogP) is 4.97. The first kappa shape index (κ1) is 12.1. The zero-order valence-electron chi connectivity index (χ0n) is 10.2. The van der Waals surface area contributed by atoms with Crippen LogP contribution in [0.15, 0.2) is 85.0 Å². The van der Waals surface area contributed by atoms with Gasteiger partial charge in [0.2, 0.25) is 0 Å². The third-order valence-electron chi connectivity index (χ3n) is 2.51. The molecule has 0 saturated carbocycles. The number of rotatable bonds is 4. The van der Waals surface area contributed by atoms with E-state index in [0.717, 1.165) is 0 Å². The maximum Gasteiger partial charge on any atom is -0.0257 e. The van der Waals surface area contributed by atoms with Gasteiger partial charge in [-0.2, -0.15) is 0 Å². The van der Waals surface area contributed by atoms with Crippen molar-refractivity contribution < 1.29 is 0 Å². The lowest BCUT2D eigenvalue weighted by Gasteiger charge is -1.89. The van der Waals surface area contributed by atoms with E-state index in [-0.39, 0.29) is 0 Å². The van der Waals surface area contributed by atoms with Gasteiger partial charge in [0, 0.05) is 0 Å². The van der Waals surface area contributed by atoms with Crippen LogP contribution < -0.4 is 0 Å². The van der Waals surface area contributed by atoms with Crippen molar-refractivity contribution >= 4 is 12.2 Å². The summed E-state index contributed by atoms with van der Waals surface area (Å²) in [5.41, 5.74) is 2.43. The van der Waals surface area contributed by atoms with E-state index in [9.17, 15) is 0 Å². The third-order valence-corrected chi connectivity index (χ3v) is 2.51. The molecule has 0 unspecified atom stereocenters. The fourth-order valence-corrected chi connectivity index (χ4v) is 1.59. The molecule has 0 bridgehead atoms. The lowest BCUT2D eigenvalue weighted by molar-refractivity contribution is 1.66. The molecule has 88 valence electrons. The lowest BCUT2D eigenvalue weighted by atomic mass is 10.2. The highest BCUT2D eigenvalue weighted by molar-refractivity contribution is 5.53. The fraction of sp³-hybridized carbons (Fsp3) is 0. The molecule has 0 N–H and O–H groups in total. The van der Waals surface area contributed by atoms with Crippen molar-refractivity contribution in [2.45, 2.75) is 0 Å². The molecule has 0 spiro atoms. The second-order valence-electron chi connectivity index (χ2n) is 3.92. The highest BCUT2D eigenvalue weighted by atomic mass is 13.9. The van der Waals surface area contributed by atoms with Crippen LogP contribution in [-0.4, -0.2) is 0 Å². The molecule has 2 rings (SSSR count). The van der Waals surface area contributed by atoms with Crippen LogP contribution in [0, 0.1) is 0 Å². The smallest absolute Gasteiger partial charge is 0.0257 e. The summed E-state index contributed by atoms with van der Waals surface area (Å²) in [5.74, 6) is 0. The zero-order valence-corrected chi connectivity index (χ0v) is 10.2. The highest BCUT2D eigenvalue weighted by Crippen LogP contribution is 2.02. The Bertz CT molecular complexity index is 479. The van der Waals surface area contributed by atoms with Crippen molar-refractivity contribution in [3.63, 3.8) is 0 Å². The molecule has 0 radical (unpaired) electrons. The number of hydrogen-bond donors (Lipinski definition) is 0. The van der Waals surface area contributed by atoms with E-state index >= 15 is 0 Å². The molecule has 0 amide bonds. The molecule has 0 aromatic heterocycles. The van der Waals surface area contributed by atoms with Crippen LogP contribution in [0.4, 0.5) is 0 Å². The SMILES string of the molecule is C(=C/C=C\c1ccccc1)/C=C\c1ccccc1. The van der Waals surface area contributed by atoms with Crippen molar-refractivity contribution in [3.8, 4) is 0 Å². The molecule has 0 heterocycles. The van der Waals surface area contributed by atoms with Crippen LogP contribution in [0.5, 0.6) is 0 Å². The van der Waals surface area contributed by atoms with Gasteiger partial charge >= 0.3 is 0 Å². The minimum Gasteiger partial charge on any atom is -0.0622 e. The first-order valence-electron chi connectivity index (χ1n) is 6.07. The van der Waals surface area contributed by atoms with Gasteiger partial charge in [0.15, 0.2) is 0 Å². The fourth-order valence-electron chi connectivity index (χ4n) is 1.59. The van der Waals surface area contributed by atoms with Crippen LogP contribution in [0.3, 0.4) is 0 Å². The number of benzene rings is 2. The van der Waals surface area contributed by atoms with E-state index in [0.29, 0.717) is 0 Å². The molecule has 0 aliphatic carbocycles. The van der Waals surface area contributed by atoms with Gasteiger partial charge in [-0.25, -0.2) is 0 Å². The first-order valence-corrected chi connectivity index (χ1v) is 6.07. The van der Waals surface area contributed by atoms with E-state index in [1.807, 2.05) is 60.7 Å². The summed E-state index contributed by atoms with van der Waals surface area (Å²) in [6.45, 7) is 0. The molecule has 0 atom stereocenters. The Labute approximate surface area is 109 Å². The topological polar surface area (TPSA) is 0 Å². The van der Waals surface area contributed by atoms with Crippen molar-refractivity contribution in [1.82, 2.24) is 0 Å². The summed E-state index contributed by atoms with van der Waals surface area (Å²) in [7, 11) is 0. The quantitative estimate of drug-likeness (QED) is 0.653. The van der Waals surface area contributed by atoms with E-state index < -0.39 is 0 Å². The maximum absolute atomic E-state index is 2.09. The van der Waals surface area contributed by atoms with Crippen molar-refractivity contribution in [2.24, 2.45) is 0 Å². The predicted molar refractivity (Wildman–Crippen MR) is 80.1 cm³/mol. The molecule has 18 heavy (non-hydrogen) atoms. The average molecular weight is 232 g/mol. The van der Waals surface area contributed by atoms with Gasteiger partial charge in [-0.1, -0.05) is 97.1 Å². The van der Waals surface area contributed by atoms with Crippen LogP contribution in [0.25, 0.3) is 12.2 Å². The van der Waals surface area contributed by atoms with Crippen molar-refractivity contribution in [1.29, 1.82) is 0 Å². The van der Waals surface area contributed by atoms with Crippen LogP contribution in [0.2, 0.25) is 0 Å². The second kappa shape index (κ2) is 7.08. The van der Waals surface area contributed by atoms with Gasteiger partial charge in [-0.05, 0) is 11.1 Å². The van der Waals surface area contributed by atoms with Gasteiger partial charge in [0.25, 0.3) is 0 Å². The Morgan fingerprint density at radius 2 is 0.833 bits per heavy atom. The average Bonchev–Trinajstić information content (AvgIpc) is 2.45. The van der Waals surface area contributed by atoms with E-state index in [1.54, 1.807) is 0 Å². The van der Waals surface area contributed by atoms with Crippen LogP contribution >= 0.6 is 0 Å². The Morgan fingerprint density at radius 1 is 0.444 bits per heavy atom. The summed E-state index contributed by atoms with van der Waals surface area (Å²) in [6.07, 6.45) is 12.3. The summed E-state index contributed by atoms with van der Waals surface area (Å²) in [4.78, 5) is 0. The second-order valence-corrected chi connectivity index (χ2v) is 3.92. The van der Waals surface area contributed by atoms with Gasteiger partial charge in [0.1, 0.15) is 0 Å². The Balaban J connectivity index is 1.86. The van der Waals surface area contributed by atoms with Gasteiger partial charge in [-0.3, -0.25) is 0 Å². The summed E-state index contributed by atoms with van der Waals surface area (Å²) in [6, 6.07) is 20.6. The number of allylic oxidation sites excluding steroid dienone is 4. The molecule has 2 aromatic carbocycles. The van der Waals surface area contributed by atoms with E-state index in [1.165, 1.54) is 11.1 Å².